The average Bonchev–Trinajstić information content (AvgIpc) is 2.38. The molecule has 0 aliphatic carbocycles. The molecule has 1 fully saturated rings. The first-order valence-corrected chi connectivity index (χ1v) is 8.92. The normalized spacial score (nSPS) is 20.6. The highest BCUT2D eigenvalue weighted by Gasteiger charge is 2.20. The van der Waals surface area contributed by atoms with Crippen LogP contribution < -0.4 is 4.90 Å². The summed E-state index contributed by atoms with van der Waals surface area (Å²) >= 11 is 9.30. The summed E-state index contributed by atoms with van der Waals surface area (Å²) in [5.41, 5.74) is 2.66. The summed E-state index contributed by atoms with van der Waals surface area (Å²) in [5.74, 6) is 1.24. The summed E-state index contributed by atoms with van der Waals surface area (Å²) in [4.78, 5) is 2.51. The molecule has 0 saturated carbocycles. The highest BCUT2D eigenvalue weighted by Crippen LogP contribution is 2.32. The highest BCUT2D eigenvalue weighted by atomic mass is 79.9. The standard InChI is InChI=1S/C13H17Br2NS/c1-2-11-9-16(5-6-17-11)13-4-3-10(8-14)7-12(13)15/h3-4,7,11H,2,5-6,8-9H2,1H3. The van der Waals surface area contributed by atoms with Crippen molar-refractivity contribution in [2.45, 2.75) is 23.9 Å². The van der Waals surface area contributed by atoms with Gasteiger partial charge in [-0.1, -0.05) is 28.9 Å². The van der Waals surface area contributed by atoms with Crippen LogP contribution in [0.5, 0.6) is 0 Å². The van der Waals surface area contributed by atoms with Crippen LogP contribution in [0.15, 0.2) is 22.7 Å². The van der Waals surface area contributed by atoms with Crippen molar-refractivity contribution in [2.75, 3.05) is 23.7 Å². The predicted octanol–water partition coefficient (Wildman–Crippen LogP) is 4.68. The Labute approximate surface area is 125 Å². The van der Waals surface area contributed by atoms with Gasteiger partial charge in [0.25, 0.3) is 0 Å². The van der Waals surface area contributed by atoms with E-state index in [1.54, 1.807) is 0 Å². The van der Waals surface area contributed by atoms with Gasteiger partial charge in [0, 0.05) is 33.9 Å². The average molecular weight is 379 g/mol. The summed E-state index contributed by atoms with van der Waals surface area (Å²) in [5, 5.41) is 1.70. The molecule has 94 valence electrons. The highest BCUT2D eigenvalue weighted by molar-refractivity contribution is 9.10. The maximum Gasteiger partial charge on any atom is 0.0511 e. The van der Waals surface area contributed by atoms with Crippen molar-refractivity contribution >= 4 is 49.3 Å². The minimum atomic E-state index is 0.784. The van der Waals surface area contributed by atoms with E-state index in [0.717, 1.165) is 17.1 Å². The van der Waals surface area contributed by atoms with Crippen LogP contribution in [0, 0.1) is 0 Å². The van der Waals surface area contributed by atoms with E-state index in [2.05, 4.69) is 73.6 Å². The molecule has 1 saturated heterocycles. The summed E-state index contributed by atoms with van der Waals surface area (Å²) in [6.45, 7) is 4.62. The Morgan fingerprint density at radius 2 is 2.29 bits per heavy atom. The molecular weight excluding hydrogens is 362 g/mol. The molecule has 1 nitrogen and oxygen atoms in total. The van der Waals surface area contributed by atoms with Gasteiger partial charge in [0.05, 0.1) is 5.69 Å². The van der Waals surface area contributed by atoms with Gasteiger partial charge in [-0.25, -0.2) is 0 Å². The Kier molecular flexibility index (Phi) is 5.25. The lowest BCUT2D eigenvalue weighted by Crippen LogP contribution is -2.37. The van der Waals surface area contributed by atoms with Crippen molar-refractivity contribution in [3.8, 4) is 0 Å². The number of thioether (sulfide) groups is 1. The minimum absolute atomic E-state index is 0.784. The lowest BCUT2D eigenvalue weighted by Gasteiger charge is -2.34. The van der Waals surface area contributed by atoms with Crippen LogP contribution in [0.4, 0.5) is 5.69 Å². The van der Waals surface area contributed by atoms with Gasteiger partial charge >= 0.3 is 0 Å². The molecule has 2 rings (SSSR count). The van der Waals surface area contributed by atoms with E-state index >= 15 is 0 Å². The second-order valence-electron chi connectivity index (χ2n) is 4.27. The SMILES string of the molecule is CCC1CN(c2ccc(CBr)cc2Br)CCS1. The minimum Gasteiger partial charge on any atom is -0.369 e. The Morgan fingerprint density at radius 1 is 1.47 bits per heavy atom. The topological polar surface area (TPSA) is 3.24 Å². The largest absolute Gasteiger partial charge is 0.369 e. The predicted molar refractivity (Wildman–Crippen MR) is 85.5 cm³/mol. The van der Waals surface area contributed by atoms with E-state index in [1.165, 1.54) is 34.4 Å². The van der Waals surface area contributed by atoms with Crippen LogP contribution in [-0.4, -0.2) is 24.1 Å². The first-order valence-electron chi connectivity index (χ1n) is 5.95. The van der Waals surface area contributed by atoms with Crippen molar-refractivity contribution in [3.05, 3.63) is 28.2 Å². The number of halogens is 2. The number of benzene rings is 1. The zero-order chi connectivity index (χ0) is 12.3. The summed E-state index contributed by atoms with van der Waals surface area (Å²) in [6, 6.07) is 6.66. The lowest BCUT2D eigenvalue weighted by molar-refractivity contribution is 0.727. The fourth-order valence-electron chi connectivity index (χ4n) is 2.08. The third kappa shape index (κ3) is 3.42. The Bertz CT molecular complexity index is 384. The first kappa shape index (κ1) is 13.8. The summed E-state index contributed by atoms with van der Waals surface area (Å²) in [7, 11) is 0. The molecule has 1 atom stereocenters. The molecule has 4 heteroatoms. The van der Waals surface area contributed by atoms with Crippen LogP contribution in [0.1, 0.15) is 18.9 Å². The van der Waals surface area contributed by atoms with Crippen LogP contribution in [0.3, 0.4) is 0 Å². The molecule has 0 spiro atoms. The fourth-order valence-corrected chi connectivity index (χ4v) is 4.28. The van der Waals surface area contributed by atoms with Crippen molar-refractivity contribution in [3.63, 3.8) is 0 Å². The Morgan fingerprint density at radius 3 is 2.94 bits per heavy atom. The van der Waals surface area contributed by atoms with E-state index in [0.29, 0.717) is 0 Å². The lowest BCUT2D eigenvalue weighted by atomic mass is 10.2. The van der Waals surface area contributed by atoms with Gasteiger partial charge in [0.1, 0.15) is 0 Å². The smallest absolute Gasteiger partial charge is 0.0511 e. The van der Waals surface area contributed by atoms with Crippen LogP contribution >= 0.6 is 43.6 Å². The molecule has 1 aliphatic rings. The monoisotopic (exact) mass is 377 g/mol. The molecule has 0 N–H and O–H groups in total. The van der Waals surface area contributed by atoms with E-state index in [9.17, 15) is 0 Å². The molecule has 0 amide bonds. The molecule has 1 aromatic rings. The van der Waals surface area contributed by atoms with Gasteiger partial charge in [0.15, 0.2) is 0 Å². The molecule has 0 bridgehead atoms. The third-order valence-electron chi connectivity index (χ3n) is 3.10. The zero-order valence-electron chi connectivity index (χ0n) is 9.96. The number of hydrogen-bond donors (Lipinski definition) is 0. The van der Waals surface area contributed by atoms with Crippen LogP contribution in [0.25, 0.3) is 0 Å². The van der Waals surface area contributed by atoms with Crippen molar-refractivity contribution in [2.24, 2.45) is 0 Å². The van der Waals surface area contributed by atoms with Crippen molar-refractivity contribution in [1.29, 1.82) is 0 Å². The van der Waals surface area contributed by atoms with E-state index < -0.39 is 0 Å². The molecule has 1 aromatic carbocycles. The first-order chi connectivity index (χ1) is 8.24. The number of rotatable bonds is 3. The van der Waals surface area contributed by atoms with E-state index in [-0.39, 0.29) is 0 Å². The van der Waals surface area contributed by atoms with Gasteiger partial charge < -0.3 is 4.90 Å². The molecule has 0 radical (unpaired) electrons. The number of hydrogen-bond acceptors (Lipinski definition) is 2. The summed E-state index contributed by atoms with van der Waals surface area (Å²) < 4.78 is 1.22. The third-order valence-corrected chi connectivity index (χ3v) is 5.76. The van der Waals surface area contributed by atoms with Gasteiger partial charge in [0.2, 0.25) is 0 Å². The van der Waals surface area contributed by atoms with Crippen molar-refractivity contribution in [1.82, 2.24) is 0 Å². The van der Waals surface area contributed by atoms with Crippen molar-refractivity contribution < 1.29 is 0 Å². The second kappa shape index (κ2) is 6.48. The van der Waals surface area contributed by atoms with Crippen LogP contribution in [-0.2, 0) is 5.33 Å². The molecule has 0 aromatic heterocycles. The second-order valence-corrected chi connectivity index (χ2v) is 7.09. The molecular formula is C13H17Br2NS. The van der Waals surface area contributed by atoms with E-state index in [1.807, 2.05) is 0 Å². The molecule has 1 aliphatic heterocycles. The number of anilines is 1. The maximum absolute atomic E-state index is 3.70. The molecule has 1 heterocycles. The Balaban J connectivity index is 2.16. The quantitative estimate of drug-likeness (QED) is 0.702. The Hall–Kier alpha value is 0.330. The van der Waals surface area contributed by atoms with Gasteiger partial charge in [-0.3, -0.25) is 0 Å². The maximum atomic E-state index is 3.70. The molecule has 1 unspecified atom stereocenters. The fraction of sp³-hybridized carbons (Fsp3) is 0.538. The number of alkyl halides is 1. The van der Waals surface area contributed by atoms with Gasteiger partial charge in [-0.2, -0.15) is 11.8 Å². The summed E-state index contributed by atoms with van der Waals surface area (Å²) in [6.07, 6.45) is 1.26. The van der Waals surface area contributed by atoms with Crippen LogP contribution in [0.2, 0.25) is 0 Å². The molecule has 17 heavy (non-hydrogen) atoms. The van der Waals surface area contributed by atoms with Gasteiger partial charge in [-0.05, 0) is 40.0 Å². The number of nitrogens with zero attached hydrogens (tertiary/aromatic N) is 1. The van der Waals surface area contributed by atoms with Gasteiger partial charge in [-0.15, -0.1) is 0 Å². The zero-order valence-corrected chi connectivity index (χ0v) is 13.9. The van der Waals surface area contributed by atoms with E-state index in [4.69, 9.17) is 0 Å².